The summed E-state index contributed by atoms with van der Waals surface area (Å²) in [6.07, 6.45) is 0. The summed E-state index contributed by atoms with van der Waals surface area (Å²) in [4.78, 5) is 11.3. The Balaban J connectivity index is 2.48. The van der Waals surface area contributed by atoms with Crippen LogP contribution in [-0.4, -0.2) is 25.2 Å². The summed E-state index contributed by atoms with van der Waals surface area (Å²) in [5.41, 5.74) is 1.42. The van der Waals surface area contributed by atoms with Gasteiger partial charge in [0.15, 0.2) is 0 Å². The van der Waals surface area contributed by atoms with E-state index in [2.05, 4.69) is 4.74 Å². The minimum Gasteiger partial charge on any atom is -0.465 e. The number of hydrogen-bond acceptors (Lipinski definition) is 4. The van der Waals surface area contributed by atoms with Gasteiger partial charge < -0.3 is 14.4 Å². The van der Waals surface area contributed by atoms with Crippen molar-refractivity contribution in [3.63, 3.8) is 0 Å². The van der Waals surface area contributed by atoms with Gasteiger partial charge in [0.1, 0.15) is 0 Å². The van der Waals surface area contributed by atoms with Crippen molar-refractivity contribution in [3.8, 4) is 0 Å². The summed E-state index contributed by atoms with van der Waals surface area (Å²) in [6.45, 7) is 3.75. The summed E-state index contributed by atoms with van der Waals surface area (Å²) < 4.78 is 10.0. The first-order chi connectivity index (χ1) is 7.45. The standard InChI is InChI=1S/C11H13BO4/c1-11(2)8-5-4-7(10(13)15-3)6-9(8)12(14)16-11/h4-6,14H,1-3H3. The molecule has 0 aliphatic carbocycles. The number of fused-ring (bicyclic) bond motifs is 1. The third-order valence-electron chi connectivity index (χ3n) is 2.79. The Labute approximate surface area is 94.3 Å². The topological polar surface area (TPSA) is 55.8 Å². The van der Waals surface area contributed by atoms with E-state index >= 15 is 0 Å². The predicted octanol–water partition coefficient (Wildman–Crippen LogP) is 0.426. The van der Waals surface area contributed by atoms with E-state index in [9.17, 15) is 9.82 Å². The zero-order chi connectivity index (χ0) is 11.9. The molecule has 1 N–H and O–H groups in total. The summed E-state index contributed by atoms with van der Waals surface area (Å²) >= 11 is 0. The van der Waals surface area contributed by atoms with E-state index in [1.807, 2.05) is 13.8 Å². The first-order valence-electron chi connectivity index (χ1n) is 5.04. The summed E-state index contributed by atoms with van der Waals surface area (Å²) in [5, 5.41) is 9.72. The molecule has 0 saturated carbocycles. The van der Waals surface area contributed by atoms with E-state index in [1.54, 1.807) is 18.2 Å². The molecule has 0 radical (unpaired) electrons. The van der Waals surface area contributed by atoms with Gasteiger partial charge in [-0.05, 0) is 37.0 Å². The SMILES string of the molecule is COC(=O)c1ccc2c(c1)B(O)OC2(C)C. The van der Waals surface area contributed by atoms with Crippen molar-refractivity contribution in [2.75, 3.05) is 7.11 Å². The third kappa shape index (κ3) is 1.62. The molecule has 0 bridgehead atoms. The summed E-state index contributed by atoms with van der Waals surface area (Å²) in [7, 11) is 0.349. The Morgan fingerprint density at radius 3 is 2.81 bits per heavy atom. The fourth-order valence-corrected chi connectivity index (χ4v) is 1.97. The van der Waals surface area contributed by atoms with Gasteiger partial charge in [0.2, 0.25) is 0 Å². The lowest BCUT2D eigenvalue weighted by atomic mass is 9.77. The number of rotatable bonds is 1. The molecule has 5 heteroatoms. The molecular formula is C11H13BO4. The Kier molecular flexibility index (Phi) is 2.52. The molecule has 0 amide bonds. The zero-order valence-electron chi connectivity index (χ0n) is 9.48. The molecule has 4 nitrogen and oxygen atoms in total. The highest BCUT2D eigenvalue weighted by Crippen LogP contribution is 2.29. The first-order valence-corrected chi connectivity index (χ1v) is 5.04. The molecule has 0 unspecified atom stereocenters. The minimum atomic E-state index is -0.977. The quantitative estimate of drug-likeness (QED) is 0.550. The fourth-order valence-electron chi connectivity index (χ4n) is 1.97. The number of carbonyl (C=O) groups is 1. The zero-order valence-corrected chi connectivity index (χ0v) is 9.48. The van der Waals surface area contributed by atoms with Crippen LogP contribution < -0.4 is 5.46 Å². The fraction of sp³-hybridized carbons (Fsp3) is 0.364. The van der Waals surface area contributed by atoms with Crippen LogP contribution in [0.3, 0.4) is 0 Å². The van der Waals surface area contributed by atoms with Gasteiger partial charge in [0, 0.05) is 0 Å². The Hall–Kier alpha value is -1.33. The summed E-state index contributed by atoms with van der Waals surface area (Å²) in [5.74, 6) is -0.417. The minimum absolute atomic E-state index is 0.417. The van der Waals surface area contributed by atoms with Crippen molar-refractivity contribution >= 4 is 18.6 Å². The van der Waals surface area contributed by atoms with Crippen molar-refractivity contribution in [1.82, 2.24) is 0 Å². The van der Waals surface area contributed by atoms with Crippen LogP contribution in [0.5, 0.6) is 0 Å². The highest BCUT2D eigenvalue weighted by molar-refractivity contribution is 6.62. The molecule has 1 aliphatic heterocycles. The van der Waals surface area contributed by atoms with Crippen molar-refractivity contribution in [2.24, 2.45) is 0 Å². The number of esters is 1. The third-order valence-corrected chi connectivity index (χ3v) is 2.79. The molecule has 0 atom stereocenters. The van der Waals surface area contributed by atoms with Gasteiger partial charge in [0.05, 0.1) is 18.3 Å². The van der Waals surface area contributed by atoms with Gasteiger partial charge in [-0.2, -0.15) is 0 Å². The Morgan fingerprint density at radius 2 is 2.19 bits per heavy atom. The van der Waals surface area contributed by atoms with Crippen LogP contribution in [0.25, 0.3) is 0 Å². The second-order valence-corrected chi connectivity index (χ2v) is 4.27. The van der Waals surface area contributed by atoms with Gasteiger partial charge in [-0.3, -0.25) is 0 Å². The van der Waals surface area contributed by atoms with Gasteiger partial charge in [0.25, 0.3) is 0 Å². The van der Waals surface area contributed by atoms with E-state index < -0.39 is 18.7 Å². The smallest absolute Gasteiger partial charge is 0.465 e. The lowest BCUT2D eigenvalue weighted by Gasteiger charge is -2.19. The number of ether oxygens (including phenoxy) is 1. The molecule has 1 aromatic rings. The molecular weight excluding hydrogens is 207 g/mol. The average Bonchev–Trinajstić information content (AvgIpc) is 2.48. The van der Waals surface area contributed by atoms with E-state index in [0.29, 0.717) is 11.0 Å². The maximum Gasteiger partial charge on any atom is 0.492 e. The lowest BCUT2D eigenvalue weighted by Crippen LogP contribution is -2.29. The molecule has 16 heavy (non-hydrogen) atoms. The van der Waals surface area contributed by atoms with Crippen LogP contribution in [0.4, 0.5) is 0 Å². The van der Waals surface area contributed by atoms with Gasteiger partial charge >= 0.3 is 13.1 Å². The molecule has 1 aliphatic rings. The van der Waals surface area contributed by atoms with Crippen molar-refractivity contribution in [2.45, 2.75) is 19.4 Å². The maximum atomic E-state index is 11.3. The molecule has 0 saturated heterocycles. The lowest BCUT2D eigenvalue weighted by molar-refractivity contribution is 0.0600. The van der Waals surface area contributed by atoms with Gasteiger partial charge in [-0.25, -0.2) is 4.79 Å². The van der Waals surface area contributed by atoms with Crippen LogP contribution in [-0.2, 0) is 15.0 Å². The molecule has 1 aromatic carbocycles. The van der Waals surface area contributed by atoms with Crippen LogP contribution in [0.15, 0.2) is 18.2 Å². The van der Waals surface area contributed by atoms with Crippen LogP contribution in [0.1, 0.15) is 29.8 Å². The van der Waals surface area contributed by atoms with E-state index in [0.717, 1.165) is 5.56 Å². The Bertz CT molecular complexity index is 442. The first kappa shape index (κ1) is 11.2. The predicted molar refractivity (Wildman–Crippen MR) is 59.5 cm³/mol. The molecule has 0 spiro atoms. The number of hydrogen-bond donors (Lipinski definition) is 1. The number of methoxy groups -OCH3 is 1. The summed E-state index contributed by atoms with van der Waals surface area (Å²) in [6, 6.07) is 5.08. The number of carbonyl (C=O) groups excluding carboxylic acids is 1. The van der Waals surface area contributed by atoms with Gasteiger partial charge in [-0.15, -0.1) is 0 Å². The van der Waals surface area contributed by atoms with Crippen molar-refractivity contribution in [3.05, 3.63) is 29.3 Å². The second-order valence-electron chi connectivity index (χ2n) is 4.27. The highest BCUT2D eigenvalue weighted by Gasteiger charge is 2.40. The van der Waals surface area contributed by atoms with Crippen LogP contribution in [0.2, 0.25) is 0 Å². The van der Waals surface area contributed by atoms with Gasteiger partial charge in [-0.1, -0.05) is 6.07 Å². The van der Waals surface area contributed by atoms with Crippen LogP contribution in [0, 0.1) is 0 Å². The number of benzene rings is 1. The molecule has 84 valence electrons. The maximum absolute atomic E-state index is 11.3. The van der Waals surface area contributed by atoms with E-state index in [-0.39, 0.29) is 0 Å². The Morgan fingerprint density at radius 1 is 1.50 bits per heavy atom. The second kappa shape index (κ2) is 3.61. The molecule has 0 fully saturated rings. The van der Waals surface area contributed by atoms with Crippen LogP contribution >= 0.6 is 0 Å². The van der Waals surface area contributed by atoms with Crippen molar-refractivity contribution in [1.29, 1.82) is 0 Å². The molecule has 0 aromatic heterocycles. The average molecular weight is 220 g/mol. The monoisotopic (exact) mass is 220 g/mol. The molecule has 1 heterocycles. The highest BCUT2D eigenvalue weighted by atomic mass is 16.5. The molecule has 2 rings (SSSR count). The van der Waals surface area contributed by atoms with E-state index in [1.165, 1.54) is 7.11 Å². The normalized spacial score (nSPS) is 17.1. The van der Waals surface area contributed by atoms with Crippen molar-refractivity contribution < 1.29 is 19.2 Å². The largest absolute Gasteiger partial charge is 0.492 e. The van der Waals surface area contributed by atoms with E-state index in [4.69, 9.17) is 4.65 Å².